The van der Waals surface area contributed by atoms with E-state index in [2.05, 4.69) is 24.1 Å². The summed E-state index contributed by atoms with van der Waals surface area (Å²) in [5, 5.41) is 4.83. The van der Waals surface area contributed by atoms with Crippen LogP contribution in [-0.2, 0) is 19.4 Å². The van der Waals surface area contributed by atoms with Crippen molar-refractivity contribution in [1.82, 2.24) is 15.2 Å². The summed E-state index contributed by atoms with van der Waals surface area (Å²) in [5.74, 6) is 0.852. The van der Waals surface area contributed by atoms with Gasteiger partial charge in [-0.05, 0) is 32.1 Å². The molecule has 1 aliphatic carbocycles. The van der Waals surface area contributed by atoms with Crippen molar-refractivity contribution in [3.63, 3.8) is 0 Å². The number of thiazole rings is 1. The molecule has 3 rings (SSSR count). The third-order valence-corrected chi connectivity index (χ3v) is 5.15. The molecule has 3 nitrogen and oxygen atoms in total. The van der Waals surface area contributed by atoms with Crippen LogP contribution in [0.4, 0.5) is 0 Å². The molecule has 1 aliphatic heterocycles. The van der Waals surface area contributed by atoms with Gasteiger partial charge in [-0.15, -0.1) is 23.7 Å². The Hall–Kier alpha value is -0.160. The molecule has 0 spiro atoms. The first-order valence-electron chi connectivity index (χ1n) is 7.14. The van der Waals surface area contributed by atoms with Crippen molar-refractivity contribution in [2.24, 2.45) is 5.92 Å². The fraction of sp³-hybridized carbons (Fsp3) is 0.786. The smallest absolute Gasteiger partial charge is 0.107 e. The Bertz CT molecular complexity index is 421. The molecular formula is C14H24ClN3S. The van der Waals surface area contributed by atoms with E-state index in [-0.39, 0.29) is 12.4 Å². The van der Waals surface area contributed by atoms with Crippen LogP contribution in [0.1, 0.15) is 35.8 Å². The lowest BCUT2D eigenvalue weighted by Gasteiger charge is -2.31. The summed E-state index contributed by atoms with van der Waals surface area (Å²) in [7, 11) is 0. The lowest BCUT2D eigenvalue weighted by Crippen LogP contribution is -2.48. The fourth-order valence-corrected chi connectivity index (χ4v) is 4.33. The Kier molecular flexibility index (Phi) is 5.23. The SMILES string of the molecule is CC1CCc2nc(CN3CCN[C@@H](C)C3)sc2C1.Cl. The molecule has 2 aliphatic rings. The third kappa shape index (κ3) is 3.69. The molecule has 1 aromatic heterocycles. The highest BCUT2D eigenvalue weighted by Crippen LogP contribution is 2.30. The summed E-state index contributed by atoms with van der Waals surface area (Å²) in [5.41, 5.74) is 1.40. The average Bonchev–Trinajstić information content (AvgIpc) is 2.70. The molecule has 0 saturated carbocycles. The summed E-state index contributed by atoms with van der Waals surface area (Å²) in [4.78, 5) is 8.96. The number of hydrogen-bond acceptors (Lipinski definition) is 4. The van der Waals surface area contributed by atoms with E-state index >= 15 is 0 Å². The van der Waals surface area contributed by atoms with E-state index in [0.717, 1.165) is 32.1 Å². The van der Waals surface area contributed by atoms with Gasteiger partial charge in [-0.25, -0.2) is 4.98 Å². The summed E-state index contributed by atoms with van der Waals surface area (Å²) >= 11 is 1.96. The minimum atomic E-state index is 0. The molecule has 1 saturated heterocycles. The number of piperazine rings is 1. The predicted molar refractivity (Wildman–Crippen MR) is 83.3 cm³/mol. The maximum atomic E-state index is 4.86. The van der Waals surface area contributed by atoms with Gasteiger partial charge in [-0.2, -0.15) is 0 Å². The zero-order valence-corrected chi connectivity index (χ0v) is 13.4. The van der Waals surface area contributed by atoms with Crippen LogP contribution in [0.2, 0.25) is 0 Å². The van der Waals surface area contributed by atoms with Crippen molar-refractivity contribution in [3.8, 4) is 0 Å². The van der Waals surface area contributed by atoms with Gasteiger partial charge in [0.15, 0.2) is 0 Å². The van der Waals surface area contributed by atoms with Crippen LogP contribution in [0.3, 0.4) is 0 Å². The fourth-order valence-electron chi connectivity index (χ4n) is 3.01. The van der Waals surface area contributed by atoms with E-state index in [1.165, 1.54) is 30.0 Å². The second-order valence-corrected chi connectivity index (χ2v) is 7.08. The molecule has 0 aromatic carbocycles. The largest absolute Gasteiger partial charge is 0.312 e. The van der Waals surface area contributed by atoms with Crippen LogP contribution in [0.15, 0.2) is 0 Å². The topological polar surface area (TPSA) is 28.2 Å². The summed E-state index contributed by atoms with van der Waals surface area (Å²) in [6.45, 7) is 9.11. The third-order valence-electron chi connectivity index (χ3n) is 4.04. The number of nitrogens with one attached hydrogen (secondary N) is 1. The highest BCUT2D eigenvalue weighted by Gasteiger charge is 2.22. The van der Waals surface area contributed by atoms with Crippen LogP contribution in [-0.4, -0.2) is 35.6 Å². The molecule has 1 fully saturated rings. The number of nitrogens with zero attached hydrogens (tertiary/aromatic N) is 2. The first-order chi connectivity index (χ1) is 8.70. The number of hydrogen-bond donors (Lipinski definition) is 1. The second-order valence-electron chi connectivity index (χ2n) is 5.92. The maximum Gasteiger partial charge on any atom is 0.107 e. The highest BCUT2D eigenvalue weighted by atomic mass is 35.5. The van der Waals surface area contributed by atoms with Crippen LogP contribution >= 0.6 is 23.7 Å². The van der Waals surface area contributed by atoms with E-state index in [0.29, 0.717) is 6.04 Å². The molecular weight excluding hydrogens is 278 g/mol. The molecule has 0 bridgehead atoms. The number of fused-ring (bicyclic) bond motifs is 1. The van der Waals surface area contributed by atoms with E-state index in [4.69, 9.17) is 4.98 Å². The lowest BCUT2D eigenvalue weighted by atomic mass is 9.93. The Morgan fingerprint density at radius 3 is 3.05 bits per heavy atom. The molecule has 0 amide bonds. The van der Waals surface area contributed by atoms with E-state index in [1.54, 1.807) is 4.88 Å². The molecule has 5 heteroatoms. The standard InChI is InChI=1S/C14H23N3S.ClH/c1-10-3-4-12-13(7-10)18-14(16-12)9-17-6-5-15-11(2)8-17;/h10-11,15H,3-9H2,1-2H3;1H/t10?,11-;/m0./s1. The van der Waals surface area contributed by atoms with Gasteiger partial charge in [0.2, 0.25) is 0 Å². The van der Waals surface area contributed by atoms with Gasteiger partial charge in [-0.3, -0.25) is 4.90 Å². The Labute approximate surface area is 126 Å². The van der Waals surface area contributed by atoms with Crippen LogP contribution < -0.4 is 5.32 Å². The van der Waals surface area contributed by atoms with Crippen molar-refractivity contribution in [1.29, 1.82) is 0 Å². The quantitative estimate of drug-likeness (QED) is 0.910. The van der Waals surface area contributed by atoms with Crippen molar-refractivity contribution >= 4 is 23.7 Å². The number of halogens is 1. The number of rotatable bonds is 2. The Morgan fingerprint density at radius 2 is 2.26 bits per heavy atom. The lowest BCUT2D eigenvalue weighted by molar-refractivity contribution is 0.199. The summed E-state index contributed by atoms with van der Waals surface area (Å²) in [6.07, 6.45) is 3.77. The Morgan fingerprint density at radius 1 is 1.42 bits per heavy atom. The zero-order chi connectivity index (χ0) is 12.5. The van der Waals surface area contributed by atoms with Gasteiger partial charge in [0, 0.05) is 30.6 Å². The first kappa shape index (κ1) is 15.2. The van der Waals surface area contributed by atoms with Crippen molar-refractivity contribution in [2.75, 3.05) is 19.6 Å². The summed E-state index contributed by atoms with van der Waals surface area (Å²) in [6, 6.07) is 0.619. The number of aromatic nitrogens is 1. The van der Waals surface area contributed by atoms with Crippen molar-refractivity contribution in [2.45, 2.75) is 45.7 Å². The van der Waals surface area contributed by atoms with Gasteiger partial charge in [0.05, 0.1) is 12.2 Å². The minimum Gasteiger partial charge on any atom is -0.312 e. The van der Waals surface area contributed by atoms with E-state index in [1.807, 2.05) is 11.3 Å². The minimum absolute atomic E-state index is 0. The normalized spacial score (nSPS) is 27.7. The maximum absolute atomic E-state index is 4.86. The van der Waals surface area contributed by atoms with Crippen molar-refractivity contribution in [3.05, 3.63) is 15.6 Å². The Balaban J connectivity index is 0.00000133. The molecule has 1 N–H and O–H groups in total. The first-order valence-corrected chi connectivity index (χ1v) is 7.95. The second kappa shape index (κ2) is 6.53. The van der Waals surface area contributed by atoms with Gasteiger partial charge in [-0.1, -0.05) is 6.92 Å². The molecule has 0 radical (unpaired) electrons. The van der Waals surface area contributed by atoms with Gasteiger partial charge in [0.25, 0.3) is 0 Å². The van der Waals surface area contributed by atoms with E-state index < -0.39 is 0 Å². The molecule has 108 valence electrons. The molecule has 2 heterocycles. The zero-order valence-electron chi connectivity index (χ0n) is 11.8. The highest BCUT2D eigenvalue weighted by molar-refractivity contribution is 7.11. The van der Waals surface area contributed by atoms with Gasteiger partial charge in [0.1, 0.15) is 5.01 Å². The molecule has 19 heavy (non-hydrogen) atoms. The van der Waals surface area contributed by atoms with E-state index in [9.17, 15) is 0 Å². The number of aryl methyl sites for hydroxylation is 1. The van der Waals surface area contributed by atoms with Gasteiger partial charge < -0.3 is 5.32 Å². The van der Waals surface area contributed by atoms with Gasteiger partial charge >= 0.3 is 0 Å². The van der Waals surface area contributed by atoms with Crippen LogP contribution in [0.5, 0.6) is 0 Å². The molecule has 1 unspecified atom stereocenters. The molecule has 2 atom stereocenters. The average molecular weight is 302 g/mol. The predicted octanol–water partition coefficient (Wildman–Crippen LogP) is 2.48. The monoisotopic (exact) mass is 301 g/mol. The molecule has 1 aromatic rings. The summed E-state index contributed by atoms with van der Waals surface area (Å²) < 4.78 is 0. The van der Waals surface area contributed by atoms with Crippen LogP contribution in [0, 0.1) is 5.92 Å². The van der Waals surface area contributed by atoms with Crippen molar-refractivity contribution < 1.29 is 0 Å². The van der Waals surface area contributed by atoms with Crippen LogP contribution in [0.25, 0.3) is 0 Å².